The maximum absolute atomic E-state index is 11.1. The first-order valence-electron chi connectivity index (χ1n) is 4.33. The van der Waals surface area contributed by atoms with Gasteiger partial charge in [0.15, 0.2) is 0 Å². The Labute approximate surface area is 75.9 Å². The number of carbonyl (C=O) groups excluding carboxylic acids is 1. The molecule has 1 aliphatic carbocycles. The zero-order chi connectivity index (χ0) is 9.69. The first kappa shape index (κ1) is 8.69. The van der Waals surface area contributed by atoms with Crippen LogP contribution in [0.15, 0.2) is 0 Å². The molecule has 4 heteroatoms. The Hall–Kier alpha value is -0.900. The molecular weight excluding hydrogens is 172 g/mol. The highest BCUT2D eigenvalue weighted by atomic mass is 16.5. The van der Waals surface area contributed by atoms with Crippen molar-refractivity contribution in [3.05, 3.63) is 0 Å². The van der Waals surface area contributed by atoms with E-state index in [1.807, 2.05) is 6.92 Å². The number of ether oxygens (including phenoxy) is 1. The largest absolute Gasteiger partial charge is 0.481 e. The molecule has 1 saturated heterocycles. The lowest BCUT2D eigenvalue weighted by Crippen LogP contribution is -2.62. The first-order chi connectivity index (χ1) is 6.00. The van der Waals surface area contributed by atoms with Gasteiger partial charge >= 0.3 is 5.97 Å². The zero-order valence-corrected chi connectivity index (χ0v) is 7.50. The van der Waals surface area contributed by atoms with E-state index in [9.17, 15) is 9.59 Å². The summed E-state index contributed by atoms with van der Waals surface area (Å²) in [6.45, 7) is 2.82. The molecule has 2 rings (SSSR count). The summed E-state index contributed by atoms with van der Waals surface area (Å²) in [6.07, 6.45) is 0.365. The Bertz CT molecular complexity index is 269. The molecular formula is C9H12O4. The molecule has 1 saturated carbocycles. The SMILES string of the molecule is CC1(C2(C(=O)O)CC(=O)C2)COC1. The minimum atomic E-state index is -0.849. The van der Waals surface area contributed by atoms with Gasteiger partial charge in [-0.05, 0) is 0 Å². The third-order valence-corrected chi connectivity index (χ3v) is 3.40. The van der Waals surface area contributed by atoms with Crippen molar-refractivity contribution in [2.75, 3.05) is 13.2 Å². The van der Waals surface area contributed by atoms with Crippen LogP contribution in [0.5, 0.6) is 0 Å². The third kappa shape index (κ3) is 0.892. The van der Waals surface area contributed by atoms with Gasteiger partial charge in [-0.3, -0.25) is 9.59 Å². The van der Waals surface area contributed by atoms with Crippen molar-refractivity contribution in [2.45, 2.75) is 19.8 Å². The van der Waals surface area contributed by atoms with Crippen molar-refractivity contribution in [1.82, 2.24) is 0 Å². The summed E-state index contributed by atoms with van der Waals surface area (Å²) in [5.74, 6) is -0.798. The van der Waals surface area contributed by atoms with Gasteiger partial charge in [0.05, 0.1) is 18.6 Å². The van der Waals surface area contributed by atoms with Crippen LogP contribution in [-0.2, 0) is 14.3 Å². The number of carboxylic acids is 1. The van der Waals surface area contributed by atoms with Crippen LogP contribution in [0.3, 0.4) is 0 Å². The van der Waals surface area contributed by atoms with E-state index in [-0.39, 0.29) is 24.0 Å². The van der Waals surface area contributed by atoms with Crippen LogP contribution < -0.4 is 0 Å². The van der Waals surface area contributed by atoms with Gasteiger partial charge in [-0.2, -0.15) is 0 Å². The van der Waals surface area contributed by atoms with Gasteiger partial charge in [0, 0.05) is 18.3 Å². The lowest BCUT2D eigenvalue weighted by Gasteiger charge is -2.54. The Morgan fingerprint density at radius 3 is 2.23 bits per heavy atom. The minimum absolute atomic E-state index is 0.0514. The molecule has 2 fully saturated rings. The van der Waals surface area contributed by atoms with Gasteiger partial charge in [-0.1, -0.05) is 6.92 Å². The number of carbonyl (C=O) groups is 2. The number of rotatable bonds is 2. The molecule has 1 N–H and O–H groups in total. The van der Waals surface area contributed by atoms with Gasteiger partial charge in [-0.15, -0.1) is 0 Å². The zero-order valence-electron chi connectivity index (χ0n) is 7.50. The molecule has 0 aromatic rings. The number of hydrogen-bond acceptors (Lipinski definition) is 3. The highest BCUT2D eigenvalue weighted by Crippen LogP contribution is 2.55. The summed E-state index contributed by atoms with van der Waals surface area (Å²) in [7, 11) is 0. The van der Waals surface area contributed by atoms with Gasteiger partial charge in [0.2, 0.25) is 0 Å². The van der Waals surface area contributed by atoms with Crippen LogP contribution in [0.4, 0.5) is 0 Å². The molecule has 1 heterocycles. The van der Waals surface area contributed by atoms with Gasteiger partial charge in [-0.25, -0.2) is 0 Å². The minimum Gasteiger partial charge on any atom is -0.481 e. The topological polar surface area (TPSA) is 63.6 Å². The molecule has 0 aromatic heterocycles. The number of hydrogen-bond donors (Lipinski definition) is 1. The average Bonchev–Trinajstić information content (AvgIpc) is 1.93. The molecule has 72 valence electrons. The van der Waals surface area contributed by atoms with E-state index in [1.165, 1.54) is 0 Å². The number of Topliss-reactive ketones (excluding diaryl/α,β-unsaturated/α-hetero) is 1. The predicted molar refractivity (Wildman–Crippen MR) is 43.2 cm³/mol. The number of ketones is 1. The van der Waals surface area contributed by atoms with E-state index in [4.69, 9.17) is 9.84 Å². The van der Waals surface area contributed by atoms with Crippen molar-refractivity contribution < 1.29 is 19.4 Å². The van der Waals surface area contributed by atoms with Crippen molar-refractivity contribution >= 4 is 11.8 Å². The normalized spacial score (nSPS) is 28.8. The van der Waals surface area contributed by atoms with Crippen LogP contribution in [0.1, 0.15) is 19.8 Å². The fourth-order valence-electron chi connectivity index (χ4n) is 2.14. The first-order valence-corrected chi connectivity index (χ1v) is 4.33. The predicted octanol–water partition coefficient (Wildman–Crippen LogP) is 0.457. The molecule has 0 bridgehead atoms. The summed E-state index contributed by atoms with van der Waals surface area (Å²) in [5, 5.41) is 9.09. The Morgan fingerprint density at radius 1 is 1.46 bits per heavy atom. The molecule has 0 radical (unpaired) electrons. The van der Waals surface area contributed by atoms with E-state index in [0.29, 0.717) is 13.2 Å². The Balaban J connectivity index is 2.24. The van der Waals surface area contributed by atoms with Crippen LogP contribution in [0.2, 0.25) is 0 Å². The maximum Gasteiger partial charge on any atom is 0.311 e. The lowest BCUT2D eigenvalue weighted by molar-refractivity contribution is -0.213. The average molecular weight is 184 g/mol. The van der Waals surface area contributed by atoms with Crippen LogP contribution in [-0.4, -0.2) is 30.1 Å². The van der Waals surface area contributed by atoms with Crippen molar-refractivity contribution in [2.24, 2.45) is 10.8 Å². The van der Waals surface area contributed by atoms with Crippen LogP contribution in [0, 0.1) is 10.8 Å². The standard InChI is InChI=1S/C9H12O4/c1-8(4-13-5-8)9(7(11)12)2-6(10)3-9/h2-5H2,1H3,(H,11,12). The van der Waals surface area contributed by atoms with E-state index < -0.39 is 11.4 Å². The molecule has 1 aliphatic heterocycles. The molecule has 0 amide bonds. The third-order valence-electron chi connectivity index (χ3n) is 3.40. The quantitative estimate of drug-likeness (QED) is 0.677. The second-order valence-electron chi connectivity index (χ2n) is 4.33. The molecule has 2 aliphatic rings. The van der Waals surface area contributed by atoms with E-state index >= 15 is 0 Å². The summed E-state index contributed by atoms with van der Waals surface area (Å²) >= 11 is 0. The fourth-order valence-corrected chi connectivity index (χ4v) is 2.14. The van der Waals surface area contributed by atoms with E-state index in [2.05, 4.69) is 0 Å². The summed E-state index contributed by atoms with van der Waals surface area (Å²) in [5.41, 5.74) is -1.16. The number of aliphatic carboxylic acids is 1. The van der Waals surface area contributed by atoms with E-state index in [0.717, 1.165) is 0 Å². The molecule has 4 nitrogen and oxygen atoms in total. The second kappa shape index (κ2) is 2.32. The van der Waals surface area contributed by atoms with Crippen LogP contribution >= 0.6 is 0 Å². The highest BCUT2D eigenvalue weighted by Gasteiger charge is 2.64. The van der Waals surface area contributed by atoms with Crippen molar-refractivity contribution in [1.29, 1.82) is 0 Å². The van der Waals surface area contributed by atoms with E-state index in [1.54, 1.807) is 0 Å². The smallest absolute Gasteiger partial charge is 0.311 e. The summed E-state index contributed by atoms with van der Waals surface area (Å²) in [4.78, 5) is 22.0. The molecule has 13 heavy (non-hydrogen) atoms. The monoisotopic (exact) mass is 184 g/mol. The second-order valence-corrected chi connectivity index (χ2v) is 4.33. The molecule has 0 spiro atoms. The van der Waals surface area contributed by atoms with Crippen molar-refractivity contribution in [3.8, 4) is 0 Å². The van der Waals surface area contributed by atoms with Gasteiger partial charge < -0.3 is 9.84 Å². The Morgan fingerprint density at radius 2 is 2.00 bits per heavy atom. The van der Waals surface area contributed by atoms with Crippen molar-refractivity contribution in [3.63, 3.8) is 0 Å². The number of carboxylic acid groups (broad SMARTS) is 1. The Kier molecular flexibility index (Phi) is 1.55. The summed E-state index contributed by atoms with van der Waals surface area (Å²) in [6, 6.07) is 0. The molecule has 0 unspecified atom stereocenters. The highest BCUT2D eigenvalue weighted by molar-refractivity contribution is 5.97. The maximum atomic E-state index is 11.1. The fraction of sp³-hybridized carbons (Fsp3) is 0.778. The van der Waals surface area contributed by atoms with Crippen LogP contribution in [0.25, 0.3) is 0 Å². The molecule has 0 atom stereocenters. The lowest BCUT2D eigenvalue weighted by atomic mass is 9.52. The van der Waals surface area contributed by atoms with Gasteiger partial charge in [0.1, 0.15) is 5.78 Å². The van der Waals surface area contributed by atoms with Gasteiger partial charge in [0.25, 0.3) is 0 Å². The summed E-state index contributed by atoms with van der Waals surface area (Å²) < 4.78 is 5.03. The molecule has 0 aromatic carbocycles.